The lowest BCUT2D eigenvalue weighted by Gasteiger charge is -2.19. The molecule has 2 saturated heterocycles. The van der Waals surface area contributed by atoms with Crippen LogP contribution in [0.1, 0.15) is 13.2 Å². The summed E-state index contributed by atoms with van der Waals surface area (Å²) in [5, 5.41) is 0. The Morgan fingerprint density at radius 3 is 2.70 bits per heavy atom. The van der Waals surface area contributed by atoms with Crippen LogP contribution in [0.25, 0.3) is 0 Å². The highest BCUT2D eigenvalue weighted by atomic mass is 19.1. The molecule has 0 aromatic carbocycles. The fourth-order valence-corrected chi connectivity index (χ4v) is 2.41. The van der Waals surface area contributed by atoms with Gasteiger partial charge in [-0.3, -0.25) is 14.3 Å². The Labute approximate surface area is 112 Å². The van der Waals surface area contributed by atoms with Crippen molar-refractivity contribution < 1.29 is 23.3 Å². The van der Waals surface area contributed by atoms with Gasteiger partial charge in [0.2, 0.25) is 5.82 Å². The number of nitrogens with zero attached hydrogens (tertiary/aromatic N) is 1. The number of H-pyrrole nitrogens is 1. The van der Waals surface area contributed by atoms with Crippen molar-refractivity contribution >= 4 is 0 Å². The molecule has 0 aliphatic carbocycles. The number of aromatic nitrogens is 2. The average molecular weight is 288 g/mol. The molecular formula is C11H13FN2O6. The molecule has 0 amide bonds. The maximum absolute atomic E-state index is 13.3. The lowest BCUT2D eigenvalue weighted by atomic mass is 10.1. The standard InChI is InChI=1S/C11H13FN2O6/c1-4-6-7(20-11(17-2)19-6)9(18-4)14-3-5(12)8(15)13-10(14)16/h3-4,6-7,9,11H,1-2H3,(H,13,15,16)/t4-,6-,7-,9-,11?/m1/s1. The average Bonchev–Trinajstić information content (AvgIpc) is 2.95. The summed E-state index contributed by atoms with van der Waals surface area (Å²) in [4.78, 5) is 24.7. The maximum Gasteiger partial charge on any atom is 0.330 e. The van der Waals surface area contributed by atoms with Gasteiger partial charge in [-0.25, -0.2) is 4.79 Å². The van der Waals surface area contributed by atoms with Crippen LogP contribution >= 0.6 is 0 Å². The van der Waals surface area contributed by atoms with Crippen molar-refractivity contribution in [2.45, 2.75) is 37.9 Å². The Bertz CT molecular complexity index is 628. The summed E-state index contributed by atoms with van der Waals surface area (Å²) in [5.41, 5.74) is -1.86. The highest BCUT2D eigenvalue weighted by Gasteiger charge is 2.52. The van der Waals surface area contributed by atoms with Crippen molar-refractivity contribution in [2.75, 3.05) is 7.11 Å². The summed E-state index contributed by atoms with van der Waals surface area (Å²) >= 11 is 0. The molecule has 0 radical (unpaired) electrons. The van der Waals surface area contributed by atoms with Crippen molar-refractivity contribution in [3.63, 3.8) is 0 Å². The molecule has 5 atom stereocenters. The van der Waals surface area contributed by atoms with Gasteiger partial charge in [-0.15, -0.1) is 0 Å². The molecule has 0 bridgehead atoms. The first-order chi connectivity index (χ1) is 9.51. The molecule has 3 heterocycles. The summed E-state index contributed by atoms with van der Waals surface area (Å²) in [5.74, 6) is -1.08. The van der Waals surface area contributed by atoms with Gasteiger partial charge in [-0.2, -0.15) is 4.39 Å². The van der Waals surface area contributed by atoms with Gasteiger partial charge in [0.05, 0.1) is 12.3 Å². The van der Waals surface area contributed by atoms with E-state index in [1.165, 1.54) is 7.11 Å². The minimum Gasteiger partial charge on any atom is -0.349 e. The first-order valence-corrected chi connectivity index (χ1v) is 6.01. The van der Waals surface area contributed by atoms with Gasteiger partial charge in [0.15, 0.2) is 6.23 Å². The zero-order valence-electron chi connectivity index (χ0n) is 10.7. The molecule has 3 rings (SSSR count). The van der Waals surface area contributed by atoms with Gasteiger partial charge in [0.1, 0.15) is 12.2 Å². The smallest absolute Gasteiger partial charge is 0.330 e. The van der Waals surface area contributed by atoms with E-state index in [0.29, 0.717) is 0 Å². The second kappa shape index (κ2) is 4.77. The van der Waals surface area contributed by atoms with Crippen molar-refractivity contribution in [3.05, 3.63) is 32.9 Å². The van der Waals surface area contributed by atoms with Crippen LogP contribution in [0.5, 0.6) is 0 Å². The van der Waals surface area contributed by atoms with E-state index in [2.05, 4.69) is 0 Å². The minimum atomic E-state index is -1.08. The maximum atomic E-state index is 13.3. The van der Waals surface area contributed by atoms with Crippen molar-refractivity contribution in [1.82, 2.24) is 9.55 Å². The molecule has 2 aliphatic heterocycles. The van der Waals surface area contributed by atoms with E-state index in [0.717, 1.165) is 10.8 Å². The zero-order valence-corrected chi connectivity index (χ0v) is 10.7. The van der Waals surface area contributed by atoms with Crippen LogP contribution in [0.2, 0.25) is 0 Å². The highest BCUT2D eigenvalue weighted by Crippen LogP contribution is 2.38. The highest BCUT2D eigenvalue weighted by molar-refractivity contribution is 4.96. The van der Waals surface area contributed by atoms with Crippen LogP contribution in [-0.4, -0.2) is 41.4 Å². The van der Waals surface area contributed by atoms with Crippen molar-refractivity contribution in [1.29, 1.82) is 0 Å². The largest absolute Gasteiger partial charge is 0.349 e. The van der Waals surface area contributed by atoms with Crippen LogP contribution in [0.3, 0.4) is 0 Å². The zero-order chi connectivity index (χ0) is 14.4. The first kappa shape index (κ1) is 13.4. The molecule has 8 nitrogen and oxygen atoms in total. The van der Waals surface area contributed by atoms with E-state index in [4.69, 9.17) is 18.9 Å². The second-order valence-corrected chi connectivity index (χ2v) is 4.60. The Morgan fingerprint density at radius 2 is 2.00 bits per heavy atom. The number of aromatic amines is 1. The number of ether oxygens (including phenoxy) is 4. The molecule has 20 heavy (non-hydrogen) atoms. The van der Waals surface area contributed by atoms with Gasteiger partial charge in [0, 0.05) is 7.11 Å². The summed E-state index contributed by atoms with van der Waals surface area (Å²) in [6.07, 6.45) is -1.53. The first-order valence-electron chi connectivity index (χ1n) is 6.01. The molecule has 2 fully saturated rings. The van der Waals surface area contributed by atoms with Crippen molar-refractivity contribution in [3.8, 4) is 0 Å². The molecule has 1 unspecified atom stereocenters. The Kier molecular flexibility index (Phi) is 3.21. The van der Waals surface area contributed by atoms with E-state index < -0.39 is 42.0 Å². The van der Waals surface area contributed by atoms with Gasteiger partial charge in [-0.05, 0) is 6.92 Å². The van der Waals surface area contributed by atoms with Gasteiger partial charge >= 0.3 is 5.69 Å². The number of hydrogen-bond acceptors (Lipinski definition) is 6. The quantitative estimate of drug-likeness (QED) is 0.774. The number of hydrogen-bond donors (Lipinski definition) is 1. The third kappa shape index (κ3) is 1.99. The van der Waals surface area contributed by atoms with Crippen LogP contribution in [0.4, 0.5) is 4.39 Å². The molecule has 1 N–H and O–H groups in total. The summed E-state index contributed by atoms with van der Waals surface area (Å²) in [7, 11) is 1.41. The minimum absolute atomic E-state index is 0.368. The predicted octanol–water partition coefficient (Wildman–Crippen LogP) is -0.693. The van der Waals surface area contributed by atoms with Gasteiger partial charge < -0.3 is 18.9 Å². The van der Waals surface area contributed by atoms with Crippen LogP contribution in [0, 0.1) is 5.82 Å². The Balaban J connectivity index is 1.97. The molecule has 1 aromatic heterocycles. The van der Waals surface area contributed by atoms with E-state index in [1.54, 1.807) is 6.92 Å². The number of rotatable bonds is 2. The monoisotopic (exact) mass is 288 g/mol. The summed E-state index contributed by atoms with van der Waals surface area (Å²) < 4.78 is 35.7. The molecule has 0 saturated carbocycles. The molecule has 1 aromatic rings. The van der Waals surface area contributed by atoms with Gasteiger partial charge in [0.25, 0.3) is 12.0 Å². The lowest BCUT2D eigenvalue weighted by Crippen LogP contribution is -2.38. The van der Waals surface area contributed by atoms with Crippen LogP contribution < -0.4 is 11.2 Å². The SMILES string of the molecule is COC1O[C@@H]2[C@H](O1)[C@@H](C)O[C@H]2n1cc(F)c(=O)[nH]c1=O. The summed E-state index contributed by atoms with van der Waals surface area (Å²) in [6.45, 7) is 0.883. The fourth-order valence-electron chi connectivity index (χ4n) is 2.41. The normalized spacial score (nSPS) is 36.2. The lowest BCUT2D eigenvalue weighted by molar-refractivity contribution is -0.254. The fraction of sp³-hybridized carbons (Fsp3) is 0.636. The number of nitrogens with one attached hydrogen (secondary N) is 1. The van der Waals surface area contributed by atoms with Crippen LogP contribution in [0.15, 0.2) is 15.8 Å². The summed E-state index contributed by atoms with van der Waals surface area (Å²) in [6, 6.07) is 0. The van der Waals surface area contributed by atoms with E-state index >= 15 is 0 Å². The third-order valence-corrected chi connectivity index (χ3v) is 3.35. The molecule has 2 aliphatic rings. The van der Waals surface area contributed by atoms with E-state index in [9.17, 15) is 14.0 Å². The van der Waals surface area contributed by atoms with Crippen molar-refractivity contribution in [2.24, 2.45) is 0 Å². The van der Waals surface area contributed by atoms with Crippen LogP contribution in [-0.2, 0) is 18.9 Å². The molecular weight excluding hydrogens is 275 g/mol. The molecule has 9 heteroatoms. The molecule has 110 valence electrons. The van der Waals surface area contributed by atoms with E-state index in [1.807, 2.05) is 4.98 Å². The number of fused-ring (bicyclic) bond motifs is 1. The second-order valence-electron chi connectivity index (χ2n) is 4.60. The Morgan fingerprint density at radius 1 is 1.30 bits per heavy atom. The topological polar surface area (TPSA) is 91.8 Å². The van der Waals surface area contributed by atoms with Gasteiger partial charge in [-0.1, -0.05) is 0 Å². The molecule has 0 spiro atoms. The third-order valence-electron chi connectivity index (χ3n) is 3.35. The Hall–Kier alpha value is -1.55. The van der Waals surface area contributed by atoms with E-state index in [-0.39, 0.29) is 6.10 Å². The predicted molar refractivity (Wildman–Crippen MR) is 61.4 cm³/mol. The number of methoxy groups -OCH3 is 1. The number of halogens is 1.